The molecular weight excluding hydrogens is 188 g/mol. The van der Waals surface area contributed by atoms with Gasteiger partial charge in [0.2, 0.25) is 0 Å². The van der Waals surface area contributed by atoms with Gasteiger partial charge in [-0.25, -0.2) is 9.97 Å². The van der Waals surface area contributed by atoms with Gasteiger partial charge in [-0.05, 0) is 25.5 Å². The van der Waals surface area contributed by atoms with Gasteiger partial charge >= 0.3 is 0 Å². The maximum atomic E-state index is 4.31. The van der Waals surface area contributed by atoms with Crippen molar-refractivity contribution in [2.24, 2.45) is 0 Å². The monoisotopic (exact) mass is 206 g/mol. The second-order valence-corrected chi connectivity index (χ2v) is 3.86. The first-order valence-corrected chi connectivity index (χ1v) is 5.65. The van der Waals surface area contributed by atoms with E-state index >= 15 is 0 Å². The first-order valence-electron chi connectivity index (χ1n) is 5.65. The van der Waals surface area contributed by atoms with Gasteiger partial charge in [0.15, 0.2) is 0 Å². The van der Waals surface area contributed by atoms with E-state index in [1.54, 1.807) is 6.33 Å². The SMILES string of the molecule is CCNCC1CCCN1c1ccncn1. The van der Waals surface area contributed by atoms with E-state index in [-0.39, 0.29) is 0 Å². The van der Waals surface area contributed by atoms with Gasteiger partial charge in [0.25, 0.3) is 0 Å². The van der Waals surface area contributed by atoms with Crippen LogP contribution in [0.15, 0.2) is 18.6 Å². The molecule has 15 heavy (non-hydrogen) atoms. The van der Waals surface area contributed by atoms with Crippen molar-refractivity contribution in [2.75, 3.05) is 24.5 Å². The van der Waals surface area contributed by atoms with Crippen LogP contribution >= 0.6 is 0 Å². The fourth-order valence-electron chi connectivity index (χ4n) is 2.11. The zero-order valence-corrected chi connectivity index (χ0v) is 9.19. The minimum atomic E-state index is 0.597. The molecule has 1 aromatic heterocycles. The topological polar surface area (TPSA) is 41.0 Å². The number of likely N-dealkylation sites (N-methyl/N-ethyl adjacent to an activating group) is 1. The molecule has 4 nitrogen and oxygen atoms in total. The van der Waals surface area contributed by atoms with Crippen molar-refractivity contribution in [3.8, 4) is 0 Å². The van der Waals surface area contributed by atoms with Crippen LogP contribution in [-0.4, -0.2) is 35.6 Å². The van der Waals surface area contributed by atoms with Crippen LogP contribution in [0.1, 0.15) is 19.8 Å². The molecule has 0 aliphatic carbocycles. The average Bonchev–Trinajstić information content (AvgIpc) is 2.75. The van der Waals surface area contributed by atoms with Crippen molar-refractivity contribution >= 4 is 5.82 Å². The van der Waals surface area contributed by atoms with E-state index < -0.39 is 0 Å². The molecule has 82 valence electrons. The Kier molecular flexibility index (Phi) is 3.50. The Morgan fingerprint density at radius 1 is 1.60 bits per heavy atom. The molecule has 1 aliphatic heterocycles. The van der Waals surface area contributed by atoms with Gasteiger partial charge in [0.1, 0.15) is 12.1 Å². The largest absolute Gasteiger partial charge is 0.352 e. The Morgan fingerprint density at radius 3 is 3.27 bits per heavy atom. The number of nitrogens with one attached hydrogen (secondary N) is 1. The van der Waals surface area contributed by atoms with Gasteiger partial charge in [-0.15, -0.1) is 0 Å². The van der Waals surface area contributed by atoms with Crippen molar-refractivity contribution in [3.05, 3.63) is 18.6 Å². The lowest BCUT2D eigenvalue weighted by Crippen LogP contribution is -2.38. The lowest BCUT2D eigenvalue weighted by atomic mass is 10.2. The number of aromatic nitrogens is 2. The maximum absolute atomic E-state index is 4.31. The predicted octanol–water partition coefficient (Wildman–Crippen LogP) is 1.05. The highest BCUT2D eigenvalue weighted by Crippen LogP contribution is 2.22. The van der Waals surface area contributed by atoms with Crippen LogP contribution in [0.25, 0.3) is 0 Å². The Bertz CT molecular complexity index is 288. The molecule has 1 aliphatic rings. The highest BCUT2D eigenvalue weighted by atomic mass is 15.2. The number of nitrogens with zero attached hydrogens (tertiary/aromatic N) is 3. The molecule has 2 heterocycles. The molecule has 1 N–H and O–H groups in total. The summed E-state index contributed by atoms with van der Waals surface area (Å²) >= 11 is 0. The number of hydrogen-bond donors (Lipinski definition) is 1. The van der Waals surface area contributed by atoms with E-state index in [1.807, 2.05) is 12.3 Å². The van der Waals surface area contributed by atoms with Crippen LogP contribution in [0, 0.1) is 0 Å². The zero-order chi connectivity index (χ0) is 10.5. The molecule has 1 saturated heterocycles. The molecule has 1 unspecified atom stereocenters. The minimum absolute atomic E-state index is 0.597. The summed E-state index contributed by atoms with van der Waals surface area (Å²) in [7, 11) is 0. The van der Waals surface area contributed by atoms with E-state index in [9.17, 15) is 0 Å². The van der Waals surface area contributed by atoms with Gasteiger partial charge in [-0.3, -0.25) is 0 Å². The normalized spacial score (nSPS) is 20.9. The summed E-state index contributed by atoms with van der Waals surface area (Å²) < 4.78 is 0. The highest BCUT2D eigenvalue weighted by Gasteiger charge is 2.24. The van der Waals surface area contributed by atoms with E-state index in [0.717, 1.165) is 25.5 Å². The third-order valence-electron chi connectivity index (χ3n) is 2.87. The van der Waals surface area contributed by atoms with Crippen molar-refractivity contribution < 1.29 is 0 Å². The second kappa shape index (κ2) is 5.07. The van der Waals surface area contributed by atoms with Crippen LogP contribution in [0.5, 0.6) is 0 Å². The Balaban J connectivity index is 2.01. The third-order valence-corrected chi connectivity index (χ3v) is 2.87. The van der Waals surface area contributed by atoms with Gasteiger partial charge in [0, 0.05) is 25.3 Å². The summed E-state index contributed by atoms with van der Waals surface area (Å²) in [6.45, 7) is 5.35. The average molecular weight is 206 g/mol. The Labute approximate surface area is 90.7 Å². The second-order valence-electron chi connectivity index (χ2n) is 3.86. The molecule has 0 spiro atoms. The van der Waals surface area contributed by atoms with E-state index in [1.165, 1.54) is 12.8 Å². The molecule has 2 rings (SSSR count). The fraction of sp³-hybridized carbons (Fsp3) is 0.636. The van der Waals surface area contributed by atoms with Crippen LogP contribution in [0.4, 0.5) is 5.82 Å². The number of hydrogen-bond acceptors (Lipinski definition) is 4. The maximum Gasteiger partial charge on any atom is 0.132 e. The minimum Gasteiger partial charge on any atom is -0.352 e. The highest BCUT2D eigenvalue weighted by molar-refractivity contribution is 5.39. The summed E-state index contributed by atoms with van der Waals surface area (Å²) in [5.74, 6) is 1.06. The standard InChI is InChI=1S/C11H18N4/c1-2-12-8-10-4-3-7-15(10)11-5-6-13-9-14-11/h5-6,9-10,12H,2-4,7-8H2,1H3. The van der Waals surface area contributed by atoms with Crippen molar-refractivity contribution in [3.63, 3.8) is 0 Å². The summed E-state index contributed by atoms with van der Waals surface area (Å²) in [4.78, 5) is 10.6. The lowest BCUT2D eigenvalue weighted by molar-refractivity contribution is 0.584. The van der Waals surface area contributed by atoms with E-state index in [0.29, 0.717) is 6.04 Å². The first kappa shape index (κ1) is 10.4. The molecule has 1 atom stereocenters. The van der Waals surface area contributed by atoms with Crippen LogP contribution in [0.2, 0.25) is 0 Å². The van der Waals surface area contributed by atoms with Crippen molar-refractivity contribution in [1.29, 1.82) is 0 Å². The van der Waals surface area contributed by atoms with Gasteiger partial charge in [0.05, 0.1) is 0 Å². The number of anilines is 1. The Morgan fingerprint density at radius 2 is 2.53 bits per heavy atom. The van der Waals surface area contributed by atoms with Gasteiger partial charge < -0.3 is 10.2 Å². The van der Waals surface area contributed by atoms with Gasteiger partial charge in [-0.2, -0.15) is 0 Å². The molecule has 0 radical (unpaired) electrons. The van der Waals surface area contributed by atoms with E-state index in [4.69, 9.17) is 0 Å². The fourth-order valence-corrected chi connectivity index (χ4v) is 2.11. The summed E-state index contributed by atoms with van der Waals surface area (Å²) in [6.07, 6.45) is 5.96. The summed E-state index contributed by atoms with van der Waals surface area (Å²) in [5.41, 5.74) is 0. The summed E-state index contributed by atoms with van der Waals surface area (Å²) in [5, 5.41) is 3.40. The van der Waals surface area contributed by atoms with Crippen molar-refractivity contribution in [1.82, 2.24) is 15.3 Å². The van der Waals surface area contributed by atoms with Crippen LogP contribution in [-0.2, 0) is 0 Å². The lowest BCUT2D eigenvalue weighted by Gasteiger charge is -2.25. The molecule has 0 aromatic carbocycles. The van der Waals surface area contributed by atoms with Crippen LogP contribution < -0.4 is 10.2 Å². The number of rotatable bonds is 4. The molecule has 1 fully saturated rings. The molecule has 0 amide bonds. The van der Waals surface area contributed by atoms with Gasteiger partial charge in [-0.1, -0.05) is 6.92 Å². The quantitative estimate of drug-likeness (QED) is 0.799. The van der Waals surface area contributed by atoms with Crippen molar-refractivity contribution in [2.45, 2.75) is 25.8 Å². The Hall–Kier alpha value is -1.16. The molecule has 1 aromatic rings. The first-order chi connectivity index (χ1) is 7.42. The van der Waals surface area contributed by atoms with Crippen LogP contribution in [0.3, 0.4) is 0 Å². The zero-order valence-electron chi connectivity index (χ0n) is 9.19. The smallest absolute Gasteiger partial charge is 0.132 e. The van der Waals surface area contributed by atoms with E-state index in [2.05, 4.69) is 27.1 Å². The molecule has 4 heteroatoms. The summed E-state index contributed by atoms with van der Waals surface area (Å²) in [6, 6.07) is 2.59. The molecule has 0 bridgehead atoms. The third kappa shape index (κ3) is 2.45. The molecular formula is C11H18N4. The molecule has 0 saturated carbocycles. The predicted molar refractivity (Wildman–Crippen MR) is 60.9 cm³/mol.